The van der Waals surface area contributed by atoms with E-state index in [-0.39, 0.29) is 18.0 Å². The summed E-state index contributed by atoms with van der Waals surface area (Å²) in [7, 11) is 0. The Hall–Kier alpha value is -2.84. The molecule has 1 aliphatic rings. The van der Waals surface area contributed by atoms with E-state index < -0.39 is 5.60 Å². The maximum absolute atomic E-state index is 12.5. The molecule has 3 aromatic rings. The van der Waals surface area contributed by atoms with E-state index in [0.717, 1.165) is 35.3 Å². The lowest BCUT2D eigenvalue weighted by Gasteiger charge is -2.31. The van der Waals surface area contributed by atoms with E-state index in [1.807, 2.05) is 31.2 Å². The molecular weight excluding hydrogens is 412 g/mol. The average molecular weight is 439 g/mol. The number of anilines is 1. The van der Waals surface area contributed by atoms with Crippen LogP contribution in [0, 0.1) is 6.92 Å². The van der Waals surface area contributed by atoms with Crippen LogP contribution in [0.1, 0.15) is 44.6 Å². The molecule has 7 nitrogen and oxygen atoms in total. The minimum atomic E-state index is -0.901. The van der Waals surface area contributed by atoms with E-state index in [1.165, 1.54) is 29.0 Å². The van der Waals surface area contributed by atoms with Crippen molar-refractivity contribution in [1.82, 2.24) is 14.8 Å². The van der Waals surface area contributed by atoms with Gasteiger partial charge in [0.2, 0.25) is 5.91 Å². The number of aliphatic hydroxyl groups is 1. The number of hydrogen-bond acceptors (Lipinski definition) is 6. The highest BCUT2D eigenvalue weighted by molar-refractivity contribution is 7.19. The fourth-order valence-corrected chi connectivity index (χ4v) is 5.01. The molecule has 1 saturated carbocycles. The molecule has 0 atom stereocenters. The minimum absolute atomic E-state index is 0.177. The largest absolute Gasteiger partial charge is 0.388 e. The standard InChI is InChI=1S/C23H26N4O3S/c1-15-7-6-8-17(13-15)20-21(31-22(25-20)24-16(2)28)18-9-10-19(29)27(26-18)14-23(30)11-4-3-5-12-23/h6-10,13,30H,3-5,11-12,14H2,1-2H3,(H,24,25,28). The number of rotatable bonds is 5. The molecule has 2 aromatic heterocycles. The SMILES string of the molecule is CC(=O)Nc1nc(-c2cccc(C)c2)c(-c2ccc(=O)n(CC3(O)CCCCC3)n2)s1. The number of amides is 1. The molecule has 2 N–H and O–H groups in total. The third-order valence-corrected chi connectivity index (χ3v) is 6.52. The molecular formula is C23H26N4O3S. The average Bonchev–Trinajstić information content (AvgIpc) is 3.13. The first-order valence-corrected chi connectivity index (χ1v) is 11.3. The summed E-state index contributed by atoms with van der Waals surface area (Å²) in [6.07, 6.45) is 4.37. The van der Waals surface area contributed by atoms with Gasteiger partial charge < -0.3 is 10.4 Å². The van der Waals surface area contributed by atoms with Gasteiger partial charge in [0.15, 0.2) is 5.13 Å². The third-order valence-electron chi connectivity index (χ3n) is 5.53. The molecule has 31 heavy (non-hydrogen) atoms. The number of aromatic nitrogens is 3. The van der Waals surface area contributed by atoms with Crippen LogP contribution < -0.4 is 10.9 Å². The summed E-state index contributed by atoms with van der Waals surface area (Å²) in [6.45, 7) is 3.63. The number of carbonyl (C=O) groups excluding carboxylic acids is 1. The maximum atomic E-state index is 12.5. The smallest absolute Gasteiger partial charge is 0.266 e. The van der Waals surface area contributed by atoms with Gasteiger partial charge in [0.05, 0.1) is 22.7 Å². The quantitative estimate of drug-likeness (QED) is 0.628. The van der Waals surface area contributed by atoms with Gasteiger partial charge in [-0.2, -0.15) is 5.10 Å². The summed E-state index contributed by atoms with van der Waals surface area (Å²) in [5.74, 6) is -0.200. The second kappa shape index (κ2) is 8.72. The van der Waals surface area contributed by atoms with Gasteiger partial charge in [-0.3, -0.25) is 9.59 Å². The molecule has 0 aliphatic heterocycles. The summed E-state index contributed by atoms with van der Waals surface area (Å²) in [4.78, 5) is 29.5. The summed E-state index contributed by atoms with van der Waals surface area (Å²) in [5, 5.41) is 18.7. The van der Waals surface area contributed by atoms with Gasteiger partial charge in [-0.15, -0.1) is 0 Å². The third kappa shape index (κ3) is 4.91. The van der Waals surface area contributed by atoms with Crippen molar-refractivity contribution in [3.8, 4) is 21.8 Å². The molecule has 8 heteroatoms. The van der Waals surface area contributed by atoms with Crippen molar-refractivity contribution in [2.75, 3.05) is 5.32 Å². The predicted molar refractivity (Wildman–Crippen MR) is 122 cm³/mol. The first-order valence-electron chi connectivity index (χ1n) is 10.5. The van der Waals surface area contributed by atoms with Gasteiger partial charge in [0.25, 0.3) is 5.56 Å². The Morgan fingerprint density at radius 2 is 2.00 bits per heavy atom. The zero-order valence-corrected chi connectivity index (χ0v) is 18.5. The summed E-state index contributed by atoms with van der Waals surface area (Å²) >= 11 is 1.32. The molecule has 1 aliphatic carbocycles. The van der Waals surface area contributed by atoms with E-state index in [9.17, 15) is 14.7 Å². The normalized spacial score (nSPS) is 15.6. The van der Waals surface area contributed by atoms with Gasteiger partial charge in [-0.05, 0) is 31.9 Å². The number of nitrogens with one attached hydrogen (secondary N) is 1. The van der Waals surface area contributed by atoms with Crippen LogP contribution in [-0.4, -0.2) is 31.4 Å². The van der Waals surface area contributed by atoms with E-state index in [0.29, 0.717) is 29.4 Å². The predicted octanol–water partition coefficient (Wildman–Crippen LogP) is 4.00. The van der Waals surface area contributed by atoms with Crippen molar-refractivity contribution in [2.24, 2.45) is 0 Å². The van der Waals surface area contributed by atoms with Crippen molar-refractivity contribution in [1.29, 1.82) is 0 Å². The van der Waals surface area contributed by atoms with Gasteiger partial charge >= 0.3 is 0 Å². The Bertz CT molecular complexity index is 1160. The summed E-state index contributed by atoms with van der Waals surface area (Å²) in [5.41, 5.74) is 2.15. The number of hydrogen-bond donors (Lipinski definition) is 2. The zero-order chi connectivity index (χ0) is 22.0. The maximum Gasteiger partial charge on any atom is 0.266 e. The lowest BCUT2D eigenvalue weighted by Crippen LogP contribution is -2.40. The highest BCUT2D eigenvalue weighted by Gasteiger charge is 2.30. The van der Waals surface area contributed by atoms with E-state index in [2.05, 4.69) is 15.4 Å². The molecule has 0 radical (unpaired) electrons. The second-order valence-electron chi connectivity index (χ2n) is 8.25. The van der Waals surface area contributed by atoms with E-state index in [1.54, 1.807) is 6.07 Å². The fourth-order valence-electron chi connectivity index (χ4n) is 4.02. The molecule has 1 fully saturated rings. The first kappa shape index (κ1) is 21.4. The van der Waals surface area contributed by atoms with Gasteiger partial charge in [0, 0.05) is 18.6 Å². The number of aryl methyl sites for hydroxylation is 1. The zero-order valence-electron chi connectivity index (χ0n) is 17.7. The Labute approximate surface area is 184 Å². The van der Waals surface area contributed by atoms with Gasteiger partial charge in [-0.25, -0.2) is 9.67 Å². The van der Waals surface area contributed by atoms with Crippen LogP contribution in [0.4, 0.5) is 5.13 Å². The lowest BCUT2D eigenvalue weighted by molar-refractivity contribution is -0.114. The summed E-state index contributed by atoms with van der Waals surface area (Å²) < 4.78 is 1.36. The number of nitrogens with zero attached hydrogens (tertiary/aromatic N) is 3. The van der Waals surface area contributed by atoms with Crippen LogP contribution in [0.15, 0.2) is 41.2 Å². The Kier molecular flexibility index (Phi) is 6.02. The Balaban J connectivity index is 1.77. The Morgan fingerprint density at radius 3 is 2.71 bits per heavy atom. The number of benzene rings is 1. The molecule has 162 valence electrons. The van der Waals surface area contributed by atoms with Crippen LogP contribution in [0.25, 0.3) is 21.8 Å². The monoisotopic (exact) mass is 438 g/mol. The molecule has 0 bridgehead atoms. The molecule has 4 rings (SSSR count). The second-order valence-corrected chi connectivity index (χ2v) is 9.25. The van der Waals surface area contributed by atoms with E-state index >= 15 is 0 Å². The van der Waals surface area contributed by atoms with E-state index in [4.69, 9.17) is 0 Å². The summed E-state index contributed by atoms with van der Waals surface area (Å²) in [6, 6.07) is 11.1. The first-order chi connectivity index (χ1) is 14.8. The van der Waals surface area contributed by atoms with Crippen LogP contribution in [0.2, 0.25) is 0 Å². The highest BCUT2D eigenvalue weighted by Crippen LogP contribution is 2.38. The van der Waals surface area contributed by atoms with Gasteiger partial charge in [-0.1, -0.05) is 54.4 Å². The molecule has 0 unspecified atom stereocenters. The lowest BCUT2D eigenvalue weighted by atomic mass is 9.85. The molecule has 2 heterocycles. The van der Waals surface area contributed by atoms with Crippen LogP contribution in [0.3, 0.4) is 0 Å². The van der Waals surface area contributed by atoms with Crippen molar-refractivity contribution < 1.29 is 9.90 Å². The number of thiazole rings is 1. The van der Waals surface area contributed by atoms with Crippen molar-refractivity contribution >= 4 is 22.4 Å². The topological polar surface area (TPSA) is 97.1 Å². The fraction of sp³-hybridized carbons (Fsp3) is 0.391. The number of carbonyl (C=O) groups is 1. The van der Waals surface area contributed by atoms with Crippen molar-refractivity contribution in [3.63, 3.8) is 0 Å². The van der Waals surface area contributed by atoms with Crippen molar-refractivity contribution in [3.05, 3.63) is 52.3 Å². The molecule has 1 amide bonds. The molecule has 1 aromatic carbocycles. The molecule has 0 saturated heterocycles. The van der Waals surface area contributed by atoms with Crippen LogP contribution in [0.5, 0.6) is 0 Å². The Morgan fingerprint density at radius 1 is 1.23 bits per heavy atom. The molecule has 0 spiro atoms. The highest BCUT2D eigenvalue weighted by atomic mass is 32.1. The van der Waals surface area contributed by atoms with Crippen LogP contribution in [-0.2, 0) is 11.3 Å². The van der Waals surface area contributed by atoms with Crippen molar-refractivity contribution in [2.45, 2.75) is 58.1 Å². The van der Waals surface area contributed by atoms with Gasteiger partial charge in [0.1, 0.15) is 5.69 Å². The minimum Gasteiger partial charge on any atom is -0.388 e. The van der Waals surface area contributed by atoms with Crippen LogP contribution >= 0.6 is 11.3 Å².